The first-order valence-electron chi connectivity index (χ1n) is 6.67. The molecule has 1 aromatic rings. The Morgan fingerprint density at radius 1 is 1.22 bits per heavy atom. The number of rotatable bonds is 4. The summed E-state index contributed by atoms with van der Waals surface area (Å²) in [5.41, 5.74) is 0.889. The fourth-order valence-electron chi connectivity index (χ4n) is 2.36. The van der Waals surface area contributed by atoms with Crippen LogP contribution in [0, 0.1) is 11.3 Å². The zero-order chi connectivity index (χ0) is 12.8. The van der Waals surface area contributed by atoms with Gasteiger partial charge in [0.05, 0.1) is 5.56 Å². The molecule has 1 saturated carbocycles. The van der Waals surface area contributed by atoms with Gasteiger partial charge in [-0.3, -0.25) is 0 Å². The molecule has 0 aromatic heterocycles. The molecular formula is C15H19NS2. The summed E-state index contributed by atoms with van der Waals surface area (Å²) in [5.74, 6) is 1.02. The SMILES string of the molecule is CCSc1cccc(SC2CCCCC2)c1C#N. The molecule has 0 saturated heterocycles. The molecule has 1 aromatic carbocycles. The van der Waals surface area contributed by atoms with Crippen LogP contribution in [0.5, 0.6) is 0 Å². The van der Waals surface area contributed by atoms with Gasteiger partial charge in [0, 0.05) is 15.0 Å². The van der Waals surface area contributed by atoms with Gasteiger partial charge in [-0.1, -0.05) is 32.3 Å². The van der Waals surface area contributed by atoms with Gasteiger partial charge in [0.25, 0.3) is 0 Å². The van der Waals surface area contributed by atoms with Crippen LogP contribution in [-0.2, 0) is 0 Å². The monoisotopic (exact) mass is 277 g/mol. The predicted octanol–water partition coefficient (Wildman–Crippen LogP) is 5.10. The fraction of sp³-hybridized carbons (Fsp3) is 0.533. The zero-order valence-electron chi connectivity index (χ0n) is 10.8. The van der Waals surface area contributed by atoms with E-state index < -0.39 is 0 Å². The lowest BCUT2D eigenvalue weighted by Crippen LogP contribution is -2.08. The van der Waals surface area contributed by atoms with E-state index in [2.05, 4.69) is 31.2 Å². The maximum atomic E-state index is 9.38. The molecular weight excluding hydrogens is 258 g/mol. The van der Waals surface area contributed by atoms with Crippen LogP contribution in [0.15, 0.2) is 28.0 Å². The van der Waals surface area contributed by atoms with Gasteiger partial charge in [-0.15, -0.1) is 23.5 Å². The molecule has 96 valence electrons. The van der Waals surface area contributed by atoms with Crippen LogP contribution in [0.3, 0.4) is 0 Å². The molecule has 0 N–H and O–H groups in total. The van der Waals surface area contributed by atoms with Crippen LogP contribution in [0.4, 0.5) is 0 Å². The largest absolute Gasteiger partial charge is 0.192 e. The van der Waals surface area contributed by atoms with Gasteiger partial charge in [0.15, 0.2) is 0 Å². The van der Waals surface area contributed by atoms with E-state index in [1.165, 1.54) is 37.0 Å². The van der Waals surface area contributed by atoms with Crippen LogP contribution < -0.4 is 0 Å². The van der Waals surface area contributed by atoms with Crippen molar-refractivity contribution in [3.63, 3.8) is 0 Å². The van der Waals surface area contributed by atoms with Crippen LogP contribution in [0.2, 0.25) is 0 Å². The molecule has 1 fully saturated rings. The van der Waals surface area contributed by atoms with E-state index in [4.69, 9.17) is 0 Å². The Morgan fingerprint density at radius 2 is 1.94 bits per heavy atom. The lowest BCUT2D eigenvalue weighted by molar-refractivity contribution is 0.516. The number of hydrogen-bond acceptors (Lipinski definition) is 3. The third kappa shape index (κ3) is 3.46. The van der Waals surface area contributed by atoms with E-state index >= 15 is 0 Å². The molecule has 0 bridgehead atoms. The average molecular weight is 277 g/mol. The first kappa shape index (κ1) is 13.8. The molecule has 0 spiro atoms. The quantitative estimate of drug-likeness (QED) is 0.716. The minimum atomic E-state index is 0.715. The summed E-state index contributed by atoms with van der Waals surface area (Å²) in [7, 11) is 0. The summed E-state index contributed by atoms with van der Waals surface area (Å²) in [6.45, 7) is 2.13. The molecule has 2 rings (SSSR count). The van der Waals surface area contributed by atoms with Crippen LogP contribution in [0.25, 0.3) is 0 Å². The standard InChI is InChI=1S/C15H19NS2/c1-2-17-14-9-6-10-15(13(14)11-16)18-12-7-4-3-5-8-12/h6,9-10,12H,2-5,7-8H2,1H3. The minimum Gasteiger partial charge on any atom is -0.192 e. The Balaban J connectivity index is 2.16. The van der Waals surface area contributed by atoms with E-state index in [-0.39, 0.29) is 0 Å². The van der Waals surface area contributed by atoms with Crippen LogP contribution in [-0.4, -0.2) is 11.0 Å². The summed E-state index contributed by atoms with van der Waals surface area (Å²) < 4.78 is 0. The van der Waals surface area contributed by atoms with Crippen molar-refractivity contribution in [1.29, 1.82) is 5.26 Å². The Hall–Kier alpha value is -0.590. The normalized spacial score (nSPS) is 16.4. The van der Waals surface area contributed by atoms with E-state index in [0.717, 1.165) is 16.2 Å². The number of benzene rings is 1. The number of nitrogens with zero attached hydrogens (tertiary/aromatic N) is 1. The van der Waals surface area contributed by atoms with Crippen molar-refractivity contribution in [1.82, 2.24) is 0 Å². The molecule has 1 aliphatic rings. The van der Waals surface area contributed by atoms with Crippen molar-refractivity contribution in [2.45, 2.75) is 54.1 Å². The second kappa shape index (κ2) is 7.11. The second-order valence-corrected chi connectivity index (χ2v) is 7.20. The Morgan fingerprint density at radius 3 is 2.61 bits per heavy atom. The highest BCUT2D eigenvalue weighted by Crippen LogP contribution is 2.37. The number of nitriles is 1. The first-order valence-corrected chi connectivity index (χ1v) is 8.54. The van der Waals surface area contributed by atoms with Crippen molar-refractivity contribution in [2.24, 2.45) is 0 Å². The molecule has 0 unspecified atom stereocenters. The molecule has 18 heavy (non-hydrogen) atoms. The van der Waals surface area contributed by atoms with E-state index in [1.807, 2.05) is 11.8 Å². The van der Waals surface area contributed by atoms with Gasteiger partial charge in [0.1, 0.15) is 6.07 Å². The predicted molar refractivity (Wildman–Crippen MR) is 80.3 cm³/mol. The van der Waals surface area contributed by atoms with Gasteiger partial charge in [-0.25, -0.2) is 0 Å². The summed E-state index contributed by atoms with van der Waals surface area (Å²) >= 11 is 3.69. The van der Waals surface area contributed by atoms with Crippen LogP contribution >= 0.6 is 23.5 Å². The minimum absolute atomic E-state index is 0.715. The van der Waals surface area contributed by atoms with Gasteiger partial charge in [0.2, 0.25) is 0 Å². The summed E-state index contributed by atoms with van der Waals surface area (Å²) in [5, 5.41) is 10.1. The first-order chi connectivity index (χ1) is 8.85. The highest BCUT2D eigenvalue weighted by Gasteiger charge is 2.17. The highest BCUT2D eigenvalue weighted by molar-refractivity contribution is 8.00. The van der Waals surface area contributed by atoms with Crippen molar-refractivity contribution in [3.05, 3.63) is 23.8 Å². The summed E-state index contributed by atoms with van der Waals surface area (Å²) in [6, 6.07) is 8.66. The Labute approximate surface area is 118 Å². The van der Waals surface area contributed by atoms with Crippen molar-refractivity contribution in [2.75, 3.05) is 5.75 Å². The van der Waals surface area contributed by atoms with E-state index in [0.29, 0.717) is 5.25 Å². The topological polar surface area (TPSA) is 23.8 Å². The van der Waals surface area contributed by atoms with Gasteiger partial charge in [-0.2, -0.15) is 5.26 Å². The molecule has 0 atom stereocenters. The molecule has 0 aliphatic heterocycles. The van der Waals surface area contributed by atoms with Crippen molar-refractivity contribution in [3.8, 4) is 6.07 Å². The summed E-state index contributed by atoms with van der Waals surface area (Å²) in [6.07, 6.45) is 6.70. The zero-order valence-corrected chi connectivity index (χ0v) is 12.4. The smallest absolute Gasteiger partial charge is 0.101 e. The molecule has 3 heteroatoms. The Bertz CT molecular complexity index is 431. The van der Waals surface area contributed by atoms with Gasteiger partial charge < -0.3 is 0 Å². The molecule has 1 aliphatic carbocycles. The third-order valence-corrected chi connectivity index (χ3v) is 5.58. The second-order valence-electron chi connectivity index (χ2n) is 4.55. The number of hydrogen-bond donors (Lipinski definition) is 0. The van der Waals surface area contributed by atoms with Crippen molar-refractivity contribution < 1.29 is 0 Å². The number of thioether (sulfide) groups is 2. The third-order valence-electron chi connectivity index (χ3n) is 3.25. The lowest BCUT2D eigenvalue weighted by Gasteiger charge is -2.21. The molecule has 0 heterocycles. The van der Waals surface area contributed by atoms with Gasteiger partial charge in [-0.05, 0) is 30.7 Å². The lowest BCUT2D eigenvalue weighted by atomic mass is 10.0. The maximum Gasteiger partial charge on any atom is 0.101 e. The van der Waals surface area contributed by atoms with Crippen molar-refractivity contribution >= 4 is 23.5 Å². The maximum absolute atomic E-state index is 9.38. The fourth-order valence-corrected chi connectivity index (χ4v) is 4.57. The van der Waals surface area contributed by atoms with E-state index in [9.17, 15) is 5.26 Å². The van der Waals surface area contributed by atoms with E-state index in [1.54, 1.807) is 11.8 Å². The molecule has 0 amide bonds. The molecule has 0 radical (unpaired) electrons. The summed E-state index contributed by atoms with van der Waals surface area (Å²) in [4.78, 5) is 2.32. The Kier molecular flexibility index (Phi) is 5.46. The molecule has 1 nitrogen and oxygen atoms in total. The van der Waals surface area contributed by atoms with Gasteiger partial charge >= 0.3 is 0 Å². The average Bonchev–Trinajstić information content (AvgIpc) is 2.41. The van der Waals surface area contributed by atoms with Crippen LogP contribution in [0.1, 0.15) is 44.6 Å². The highest BCUT2D eigenvalue weighted by atomic mass is 32.2.